The molecule has 0 spiro atoms. The zero-order valence-electron chi connectivity index (χ0n) is 12.6. The zero-order valence-corrected chi connectivity index (χ0v) is 12.6. The van der Waals surface area contributed by atoms with Crippen LogP contribution in [0.3, 0.4) is 0 Å². The van der Waals surface area contributed by atoms with Crippen LogP contribution in [-0.2, 0) is 17.8 Å². The predicted molar refractivity (Wildman–Crippen MR) is 78.1 cm³/mol. The second-order valence-electron chi connectivity index (χ2n) is 6.06. The number of hydrogen-bond donors (Lipinski definition) is 2. The van der Waals surface area contributed by atoms with Gasteiger partial charge in [-0.1, -0.05) is 13.8 Å². The van der Waals surface area contributed by atoms with Crippen molar-refractivity contribution in [3.8, 4) is 0 Å². The fourth-order valence-corrected chi connectivity index (χ4v) is 2.76. The first kappa shape index (κ1) is 15.5. The smallest absolute Gasteiger partial charge is 0.308 e. The second kappa shape index (κ2) is 6.74. The average Bonchev–Trinajstić information content (AvgIpc) is 2.86. The topological polar surface area (TPSA) is 84.2 Å². The summed E-state index contributed by atoms with van der Waals surface area (Å²) in [6.45, 7) is 4.97. The molecular formula is C15H23N3O3. The number of carbonyl (C=O) groups excluding carboxylic acids is 1. The van der Waals surface area contributed by atoms with Gasteiger partial charge in [0.2, 0.25) is 0 Å². The highest BCUT2D eigenvalue weighted by Gasteiger charge is 2.23. The number of aromatic nitrogens is 2. The van der Waals surface area contributed by atoms with E-state index in [-0.39, 0.29) is 18.4 Å². The number of rotatable bonds is 6. The van der Waals surface area contributed by atoms with E-state index >= 15 is 0 Å². The molecule has 0 bridgehead atoms. The molecule has 0 aliphatic carbocycles. The molecular weight excluding hydrogens is 270 g/mol. The van der Waals surface area contributed by atoms with Crippen LogP contribution >= 0.6 is 0 Å². The lowest BCUT2D eigenvalue weighted by Gasteiger charge is -2.17. The number of hydrogen-bond acceptors (Lipinski definition) is 3. The first-order valence-corrected chi connectivity index (χ1v) is 7.54. The van der Waals surface area contributed by atoms with Crippen molar-refractivity contribution < 1.29 is 14.7 Å². The Labute approximate surface area is 124 Å². The minimum Gasteiger partial charge on any atom is -0.481 e. The molecule has 1 atom stereocenters. The fourth-order valence-electron chi connectivity index (χ4n) is 2.76. The molecule has 6 nitrogen and oxygen atoms in total. The summed E-state index contributed by atoms with van der Waals surface area (Å²) in [5.41, 5.74) is 1.55. The molecule has 0 saturated carbocycles. The standard InChI is InChI=1S/C15H23N3O3/c1-10(2)7-11(15(20)21)8-16-14(19)12-9-17-18-6-4-3-5-13(12)18/h9-11H,3-8H2,1-2H3,(H,16,19)(H,20,21). The van der Waals surface area contributed by atoms with Crippen LogP contribution in [-0.4, -0.2) is 33.3 Å². The first-order valence-electron chi connectivity index (χ1n) is 7.54. The van der Waals surface area contributed by atoms with Crippen molar-refractivity contribution in [1.82, 2.24) is 15.1 Å². The van der Waals surface area contributed by atoms with Crippen molar-refractivity contribution in [1.29, 1.82) is 0 Å². The lowest BCUT2D eigenvalue weighted by molar-refractivity contribution is -0.142. The third kappa shape index (κ3) is 3.83. The first-order chi connectivity index (χ1) is 9.99. The van der Waals surface area contributed by atoms with Crippen molar-refractivity contribution in [2.24, 2.45) is 11.8 Å². The van der Waals surface area contributed by atoms with Gasteiger partial charge in [0, 0.05) is 13.1 Å². The number of fused-ring (bicyclic) bond motifs is 1. The van der Waals surface area contributed by atoms with Crippen LogP contribution in [0.15, 0.2) is 6.20 Å². The largest absolute Gasteiger partial charge is 0.481 e. The molecule has 0 fully saturated rings. The van der Waals surface area contributed by atoms with Gasteiger partial charge in [0.1, 0.15) is 0 Å². The summed E-state index contributed by atoms with van der Waals surface area (Å²) in [6, 6.07) is 0. The predicted octanol–water partition coefficient (Wildman–Crippen LogP) is 1.70. The summed E-state index contributed by atoms with van der Waals surface area (Å²) >= 11 is 0. The van der Waals surface area contributed by atoms with Gasteiger partial charge < -0.3 is 10.4 Å². The van der Waals surface area contributed by atoms with Gasteiger partial charge in [-0.3, -0.25) is 14.3 Å². The molecule has 0 aromatic carbocycles. The van der Waals surface area contributed by atoms with E-state index in [4.69, 9.17) is 0 Å². The van der Waals surface area contributed by atoms with Crippen LogP contribution in [0.5, 0.6) is 0 Å². The van der Waals surface area contributed by atoms with E-state index in [1.807, 2.05) is 18.5 Å². The highest BCUT2D eigenvalue weighted by molar-refractivity contribution is 5.95. The van der Waals surface area contributed by atoms with Gasteiger partial charge in [-0.15, -0.1) is 0 Å². The van der Waals surface area contributed by atoms with E-state index in [0.29, 0.717) is 12.0 Å². The Morgan fingerprint density at radius 3 is 2.86 bits per heavy atom. The highest BCUT2D eigenvalue weighted by atomic mass is 16.4. The number of carboxylic acid groups (broad SMARTS) is 1. The number of amides is 1. The SMILES string of the molecule is CC(C)CC(CNC(=O)c1cnn2c1CCCC2)C(=O)O. The van der Waals surface area contributed by atoms with Crippen molar-refractivity contribution in [3.05, 3.63) is 17.5 Å². The number of aryl methyl sites for hydroxylation is 1. The molecule has 0 radical (unpaired) electrons. The van der Waals surface area contributed by atoms with Gasteiger partial charge in [-0.25, -0.2) is 0 Å². The molecule has 2 N–H and O–H groups in total. The average molecular weight is 293 g/mol. The summed E-state index contributed by atoms with van der Waals surface area (Å²) in [7, 11) is 0. The van der Waals surface area contributed by atoms with Crippen molar-refractivity contribution >= 4 is 11.9 Å². The molecule has 116 valence electrons. The molecule has 1 aromatic heterocycles. The third-order valence-corrected chi connectivity index (χ3v) is 3.84. The molecule has 1 aromatic rings. The summed E-state index contributed by atoms with van der Waals surface area (Å²) in [5.74, 6) is -1.33. The quantitative estimate of drug-likeness (QED) is 0.836. The Hall–Kier alpha value is -1.85. The summed E-state index contributed by atoms with van der Waals surface area (Å²) in [5, 5.41) is 16.2. The van der Waals surface area contributed by atoms with Gasteiger partial charge in [0.15, 0.2) is 0 Å². The van der Waals surface area contributed by atoms with Gasteiger partial charge in [0.25, 0.3) is 5.91 Å². The fraction of sp³-hybridized carbons (Fsp3) is 0.667. The molecule has 21 heavy (non-hydrogen) atoms. The molecule has 2 rings (SSSR count). The van der Waals surface area contributed by atoms with E-state index in [1.165, 1.54) is 0 Å². The van der Waals surface area contributed by atoms with E-state index in [2.05, 4.69) is 10.4 Å². The summed E-state index contributed by atoms with van der Waals surface area (Å²) in [6.07, 6.45) is 5.16. The number of nitrogens with one attached hydrogen (secondary N) is 1. The minimum atomic E-state index is -0.860. The van der Waals surface area contributed by atoms with Crippen molar-refractivity contribution in [3.63, 3.8) is 0 Å². The lowest BCUT2D eigenvalue weighted by atomic mass is 9.97. The maximum Gasteiger partial charge on any atom is 0.308 e. The number of aliphatic carboxylic acids is 1. The van der Waals surface area contributed by atoms with Crippen LogP contribution in [0, 0.1) is 11.8 Å². The third-order valence-electron chi connectivity index (χ3n) is 3.84. The second-order valence-corrected chi connectivity index (χ2v) is 6.06. The Morgan fingerprint density at radius 2 is 2.19 bits per heavy atom. The molecule has 1 aliphatic rings. The lowest BCUT2D eigenvalue weighted by Crippen LogP contribution is -2.34. The van der Waals surface area contributed by atoms with E-state index in [1.54, 1.807) is 6.20 Å². The van der Waals surface area contributed by atoms with Gasteiger partial charge in [-0.05, 0) is 31.6 Å². The number of carboxylic acids is 1. The normalized spacial score (nSPS) is 15.6. The van der Waals surface area contributed by atoms with E-state index in [0.717, 1.165) is 31.5 Å². The molecule has 0 saturated heterocycles. The maximum atomic E-state index is 12.2. The summed E-state index contributed by atoms with van der Waals surface area (Å²) < 4.78 is 1.88. The van der Waals surface area contributed by atoms with Gasteiger partial charge in [0.05, 0.1) is 23.4 Å². The van der Waals surface area contributed by atoms with Crippen LogP contribution < -0.4 is 5.32 Å². The van der Waals surface area contributed by atoms with Gasteiger partial charge in [-0.2, -0.15) is 5.10 Å². The van der Waals surface area contributed by atoms with Crippen molar-refractivity contribution in [2.45, 2.75) is 46.1 Å². The number of nitrogens with zero attached hydrogens (tertiary/aromatic N) is 2. The molecule has 2 heterocycles. The molecule has 1 aliphatic heterocycles. The Balaban J connectivity index is 1.98. The molecule has 1 amide bonds. The zero-order chi connectivity index (χ0) is 15.4. The molecule has 1 unspecified atom stereocenters. The van der Waals surface area contributed by atoms with E-state index < -0.39 is 11.9 Å². The van der Waals surface area contributed by atoms with Crippen LogP contribution in [0.4, 0.5) is 0 Å². The minimum absolute atomic E-state index is 0.164. The van der Waals surface area contributed by atoms with Crippen LogP contribution in [0.1, 0.15) is 49.2 Å². The molecule has 6 heteroatoms. The monoisotopic (exact) mass is 293 g/mol. The Kier molecular flexibility index (Phi) is 4.98. The highest BCUT2D eigenvalue weighted by Crippen LogP contribution is 2.18. The Morgan fingerprint density at radius 1 is 1.43 bits per heavy atom. The van der Waals surface area contributed by atoms with Crippen LogP contribution in [0.25, 0.3) is 0 Å². The maximum absolute atomic E-state index is 12.2. The number of carbonyl (C=O) groups is 2. The van der Waals surface area contributed by atoms with Crippen LogP contribution in [0.2, 0.25) is 0 Å². The van der Waals surface area contributed by atoms with Gasteiger partial charge >= 0.3 is 5.97 Å². The Bertz CT molecular complexity index is 522. The van der Waals surface area contributed by atoms with E-state index in [9.17, 15) is 14.7 Å². The van der Waals surface area contributed by atoms with Crippen molar-refractivity contribution in [2.75, 3.05) is 6.54 Å². The summed E-state index contributed by atoms with van der Waals surface area (Å²) in [4.78, 5) is 23.4.